The van der Waals surface area contributed by atoms with Crippen molar-refractivity contribution in [2.45, 2.75) is 32.4 Å². The molecular weight excluding hydrogens is 434 g/mol. The highest BCUT2D eigenvalue weighted by molar-refractivity contribution is 5.90. The smallest absolute Gasteiger partial charge is 0.284 e. The minimum atomic E-state index is -1.09. The molecule has 4 rings (SSSR count). The number of imidazole rings is 1. The fourth-order valence-corrected chi connectivity index (χ4v) is 3.98. The number of amides is 2. The van der Waals surface area contributed by atoms with Gasteiger partial charge in [-0.15, -0.1) is 0 Å². The van der Waals surface area contributed by atoms with Gasteiger partial charge in [-0.2, -0.15) is 5.10 Å². The van der Waals surface area contributed by atoms with Crippen molar-refractivity contribution >= 4 is 11.8 Å². The molecule has 3 heterocycles. The zero-order valence-electron chi connectivity index (χ0n) is 18.3. The van der Waals surface area contributed by atoms with Crippen molar-refractivity contribution in [1.82, 2.24) is 24.6 Å². The number of benzene rings is 1. The Balaban J connectivity index is 1.57. The molecule has 1 aliphatic rings. The number of nitrogens with one attached hydrogen (secondary N) is 1. The quantitative estimate of drug-likeness (QED) is 0.586. The molecule has 1 unspecified atom stereocenters. The molecule has 2 aromatic heterocycles. The Morgan fingerprint density at radius 1 is 1.24 bits per heavy atom. The fraction of sp³-hybridized carbons (Fsp3) is 0.364. The number of hydrogen-bond donors (Lipinski definition) is 2. The van der Waals surface area contributed by atoms with E-state index in [4.69, 9.17) is 10.5 Å². The van der Waals surface area contributed by atoms with Crippen molar-refractivity contribution in [2.24, 2.45) is 12.8 Å². The summed E-state index contributed by atoms with van der Waals surface area (Å²) >= 11 is 0. The topological polar surface area (TPSA) is 117 Å². The normalized spacial score (nSPS) is 16.1. The summed E-state index contributed by atoms with van der Waals surface area (Å²) in [5, 5.41) is 7.18. The number of hydrogen-bond acceptors (Lipinski definition) is 5. The molecule has 1 fully saturated rings. The van der Waals surface area contributed by atoms with Crippen LogP contribution in [0.15, 0.2) is 24.5 Å². The molecule has 2 amide bonds. The maximum Gasteiger partial charge on any atom is 0.284 e. The molecule has 1 aromatic carbocycles. The first kappa shape index (κ1) is 22.6. The molecule has 0 radical (unpaired) electrons. The SMILES string of the molecule is Cc1nn(CC(=O)NC2CCCOC2)cc1-c1ccc(-c2cnc(C(N)=O)n2C)c(F)c1F. The number of rotatable bonds is 6. The highest BCUT2D eigenvalue weighted by Gasteiger charge is 2.22. The lowest BCUT2D eigenvalue weighted by Gasteiger charge is -2.23. The minimum Gasteiger partial charge on any atom is -0.379 e. The van der Waals surface area contributed by atoms with Crippen LogP contribution in [0.2, 0.25) is 0 Å². The van der Waals surface area contributed by atoms with Gasteiger partial charge >= 0.3 is 0 Å². The third-order valence-corrected chi connectivity index (χ3v) is 5.63. The number of carbonyl (C=O) groups is 2. The van der Waals surface area contributed by atoms with Gasteiger partial charge in [-0.1, -0.05) is 6.07 Å². The van der Waals surface area contributed by atoms with Crippen molar-refractivity contribution < 1.29 is 23.1 Å². The summed E-state index contributed by atoms with van der Waals surface area (Å²) in [7, 11) is 1.49. The first-order valence-corrected chi connectivity index (χ1v) is 10.5. The Morgan fingerprint density at radius 3 is 2.64 bits per heavy atom. The summed E-state index contributed by atoms with van der Waals surface area (Å²) in [6.07, 6.45) is 4.51. The Kier molecular flexibility index (Phi) is 6.23. The average Bonchev–Trinajstić information content (AvgIpc) is 3.33. The zero-order chi connectivity index (χ0) is 23.7. The number of primary amides is 1. The molecule has 11 heteroatoms. The largest absolute Gasteiger partial charge is 0.379 e. The molecule has 9 nitrogen and oxygen atoms in total. The van der Waals surface area contributed by atoms with Gasteiger partial charge < -0.3 is 20.4 Å². The molecule has 0 saturated carbocycles. The molecule has 1 saturated heterocycles. The molecule has 3 N–H and O–H groups in total. The van der Waals surface area contributed by atoms with Crippen LogP contribution in [0.3, 0.4) is 0 Å². The van der Waals surface area contributed by atoms with E-state index < -0.39 is 17.5 Å². The van der Waals surface area contributed by atoms with E-state index in [0.717, 1.165) is 12.8 Å². The lowest BCUT2D eigenvalue weighted by molar-refractivity contribution is -0.123. The highest BCUT2D eigenvalue weighted by atomic mass is 19.2. The molecule has 0 aliphatic carbocycles. The maximum absolute atomic E-state index is 15.1. The van der Waals surface area contributed by atoms with Gasteiger partial charge in [-0.3, -0.25) is 14.3 Å². The van der Waals surface area contributed by atoms with Crippen LogP contribution in [0.1, 0.15) is 29.2 Å². The van der Waals surface area contributed by atoms with Crippen LogP contribution in [0.5, 0.6) is 0 Å². The van der Waals surface area contributed by atoms with E-state index in [0.29, 0.717) is 24.5 Å². The lowest BCUT2D eigenvalue weighted by atomic mass is 10.0. The van der Waals surface area contributed by atoms with Gasteiger partial charge in [0.2, 0.25) is 5.91 Å². The first-order chi connectivity index (χ1) is 15.8. The number of carbonyl (C=O) groups excluding carboxylic acids is 2. The molecule has 174 valence electrons. The van der Waals surface area contributed by atoms with Crippen molar-refractivity contribution in [3.63, 3.8) is 0 Å². The van der Waals surface area contributed by atoms with E-state index in [1.54, 1.807) is 6.92 Å². The van der Waals surface area contributed by atoms with Gasteiger partial charge in [-0.05, 0) is 25.8 Å². The summed E-state index contributed by atoms with van der Waals surface area (Å²) in [5.41, 5.74) is 6.23. The number of ether oxygens (including phenoxy) is 1. The van der Waals surface area contributed by atoms with Crippen LogP contribution in [0, 0.1) is 18.6 Å². The van der Waals surface area contributed by atoms with E-state index in [2.05, 4.69) is 15.4 Å². The molecule has 1 aliphatic heterocycles. The summed E-state index contributed by atoms with van der Waals surface area (Å²) in [4.78, 5) is 27.6. The van der Waals surface area contributed by atoms with Crippen molar-refractivity contribution in [1.29, 1.82) is 0 Å². The second-order valence-corrected chi connectivity index (χ2v) is 7.99. The Morgan fingerprint density at radius 2 is 1.97 bits per heavy atom. The minimum absolute atomic E-state index is 0.0124. The average molecular weight is 458 g/mol. The summed E-state index contributed by atoms with van der Waals surface area (Å²) in [6.45, 7) is 2.78. The van der Waals surface area contributed by atoms with Crippen LogP contribution in [0.25, 0.3) is 22.4 Å². The standard InChI is InChI=1S/C22H24F2N6O3/c1-12-16(9-30(28-12)10-18(31)27-13-4-3-7-33-11-13)14-5-6-15(20(24)19(14)23)17-8-26-22(21(25)32)29(17)2/h5-6,8-9,13H,3-4,7,10-11H2,1-2H3,(H2,25,32)(H,27,31). The molecular formula is C22H24F2N6O3. The molecule has 0 spiro atoms. The molecule has 33 heavy (non-hydrogen) atoms. The number of aryl methyl sites for hydroxylation is 1. The van der Waals surface area contributed by atoms with Crippen LogP contribution in [0.4, 0.5) is 8.78 Å². The highest BCUT2D eigenvalue weighted by Crippen LogP contribution is 2.32. The van der Waals surface area contributed by atoms with Gasteiger partial charge in [-0.25, -0.2) is 13.8 Å². The van der Waals surface area contributed by atoms with Gasteiger partial charge in [0, 0.05) is 36.5 Å². The van der Waals surface area contributed by atoms with Gasteiger partial charge in [0.1, 0.15) is 6.54 Å². The van der Waals surface area contributed by atoms with Crippen LogP contribution < -0.4 is 11.1 Å². The van der Waals surface area contributed by atoms with Gasteiger partial charge in [0.25, 0.3) is 5.91 Å². The number of aromatic nitrogens is 4. The third-order valence-electron chi connectivity index (χ3n) is 5.63. The third kappa shape index (κ3) is 4.49. The van der Waals surface area contributed by atoms with E-state index in [9.17, 15) is 14.0 Å². The Bertz CT molecular complexity index is 1210. The fourth-order valence-electron chi connectivity index (χ4n) is 3.98. The summed E-state index contributed by atoms with van der Waals surface area (Å²) in [5.74, 6) is -3.23. The second kappa shape index (κ2) is 9.10. The molecule has 1 atom stereocenters. The van der Waals surface area contributed by atoms with Gasteiger partial charge in [0.05, 0.1) is 30.2 Å². The van der Waals surface area contributed by atoms with Crippen molar-refractivity contribution in [3.05, 3.63) is 47.7 Å². The van der Waals surface area contributed by atoms with E-state index in [-0.39, 0.29) is 41.1 Å². The van der Waals surface area contributed by atoms with E-state index >= 15 is 4.39 Å². The summed E-state index contributed by atoms with van der Waals surface area (Å²) in [6, 6.07) is 2.80. The molecule has 3 aromatic rings. The monoisotopic (exact) mass is 458 g/mol. The number of halogens is 2. The zero-order valence-corrected chi connectivity index (χ0v) is 18.3. The predicted octanol–water partition coefficient (Wildman–Crippen LogP) is 1.93. The predicted molar refractivity (Wildman–Crippen MR) is 115 cm³/mol. The van der Waals surface area contributed by atoms with Crippen molar-refractivity contribution in [2.75, 3.05) is 13.2 Å². The van der Waals surface area contributed by atoms with Crippen LogP contribution in [-0.2, 0) is 23.1 Å². The van der Waals surface area contributed by atoms with E-state index in [1.807, 2.05) is 0 Å². The molecule has 0 bridgehead atoms. The van der Waals surface area contributed by atoms with Crippen LogP contribution >= 0.6 is 0 Å². The van der Waals surface area contributed by atoms with Crippen LogP contribution in [-0.4, -0.2) is 50.4 Å². The summed E-state index contributed by atoms with van der Waals surface area (Å²) < 4.78 is 38.1. The number of nitrogens with zero attached hydrogens (tertiary/aromatic N) is 4. The Labute approximate surface area is 188 Å². The Hall–Kier alpha value is -3.60. The van der Waals surface area contributed by atoms with Gasteiger partial charge in [0.15, 0.2) is 17.5 Å². The van der Waals surface area contributed by atoms with Crippen molar-refractivity contribution in [3.8, 4) is 22.4 Å². The second-order valence-electron chi connectivity index (χ2n) is 7.99. The van der Waals surface area contributed by atoms with E-state index in [1.165, 1.54) is 40.8 Å². The maximum atomic E-state index is 15.1. The lowest BCUT2D eigenvalue weighted by Crippen LogP contribution is -2.42. The number of nitrogens with two attached hydrogens (primary N) is 1. The first-order valence-electron chi connectivity index (χ1n) is 10.5.